The average molecular weight is 343 g/mol. The van der Waals surface area contributed by atoms with Gasteiger partial charge in [0.1, 0.15) is 5.82 Å². The van der Waals surface area contributed by atoms with E-state index in [9.17, 15) is 14.3 Å². The van der Waals surface area contributed by atoms with Crippen LogP contribution in [0.25, 0.3) is 0 Å². The van der Waals surface area contributed by atoms with Crippen molar-refractivity contribution in [3.05, 3.63) is 34.6 Å². The lowest BCUT2D eigenvalue weighted by Crippen LogP contribution is -2.48. The number of urea groups is 1. The van der Waals surface area contributed by atoms with Crippen LogP contribution in [0.1, 0.15) is 38.3 Å². The lowest BCUT2D eigenvalue weighted by molar-refractivity contribution is 0.126. The van der Waals surface area contributed by atoms with Crippen molar-refractivity contribution in [2.45, 2.75) is 32.7 Å². The molecule has 1 heterocycles. The standard InChI is InChI=1S/C17H24ClFN2O2/c1-11(2)16(14-6-5-13(18)8-15(14)19)20-17(23)21-7-3-4-12(9-21)10-22/h5-6,8,11-12,16,22H,3-4,7,9-10H2,1-2H3,(H,20,23). The highest BCUT2D eigenvalue weighted by molar-refractivity contribution is 6.30. The fraction of sp³-hybridized carbons (Fsp3) is 0.588. The molecular weight excluding hydrogens is 319 g/mol. The maximum absolute atomic E-state index is 14.2. The van der Waals surface area contributed by atoms with Crippen LogP contribution in [0.5, 0.6) is 0 Å². The van der Waals surface area contributed by atoms with Crippen LogP contribution in [0.4, 0.5) is 9.18 Å². The van der Waals surface area contributed by atoms with Gasteiger partial charge in [0, 0.05) is 30.3 Å². The van der Waals surface area contributed by atoms with E-state index in [1.165, 1.54) is 6.07 Å². The van der Waals surface area contributed by atoms with Gasteiger partial charge in [0.25, 0.3) is 0 Å². The van der Waals surface area contributed by atoms with E-state index in [2.05, 4.69) is 5.32 Å². The van der Waals surface area contributed by atoms with E-state index in [-0.39, 0.29) is 24.5 Å². The number of hydrogen-bond donors (Lipinski definition) is 2. The van der Waals surface area contributed by atoms with Crippen molar-refractivity contribution in [1.29, 1.82) is 0 Å². The Hall–Kier alpha value is -1.33. The SMILES string of the molecule is CC(C)C(NC(=O)N1CCCC(CO)C1)c1ccc(Cl)cc1F. The molecule has 6 heteroatoms. The van der Waals surface area contributed by atoms with Crippen molar-refractivity contribution in [3.8, 4) is 0 Å². The van der Waals surface area contributed by atoms with Gasteiger partial charge in [-0.15, -0.1) is 0 Å². The molecule has 2 rings (SSSR count). The number of carbonyl (C=O) groups is 1. The number of rotatable bonds is 4. The molecule has 1 fully saturated rings. The molecule has 0 spiro atoms. The number of halogens is 2. The van der Waals surface area contributed by atoms with Gasteiger partial charge in [0.05, 0.1) is 6.04 Å². The molecule has 2 atom stereocenters. The Labute approximate surface area is 141 Å². The number of aliphatic hydroxyl groups excluding tert-OH is 1. The first kappa shape index (κ1) is 18.0. The Bertz CT molecular complexity index is 553. The summed E-state index contributed by atoms with van der Waals surface area (Å²) >= 11 is 5.80. The second kappa shape index (κ2) is 7.97. The molecule has 2 N–H and O–H groups in total. The first-order valence-electron chi connectivity index (χ1n) is 8.03. The van der Waals surface area contributed by atoms with Gasteiger partial charge in [-0.25, -0.2) is 9.18 Å². The van der Waals surface area contributed by atoms with Crippen LogP contribution in [0.2, 0.25) is 5.02 Å². The number of amides is 2. The Kier molecular flexibility index (Phi) is 6.25. The lowest BCUT2D eigenvalue weighted by Gasteiger charge is -2.34. The summed E-state index contributed by atoms with van der Waals surface area (Å²) in [4.78, 5) is 14.2. The number of likely N-dealkylation sites (tertiary alicyclic amines) is 1. The normalized spacial score (nSPS) is 19.7. The van der Waals surface area contributed by atoms with Gasteiger partial charge in [-0.2, -0.15) is 0 Å². The summed E-state index contributed by atoms with van der Waals surface area (Å²) in [6.45, 7) is 5.16. The predicted molar refractivity (Wildman–Crippen MR) is 88.9 cm³/mol. The third-order valence-corrected chi connectivity index (χ3v) is 4.54. The zero-order chi connectivity index (χ0) is 17.0. The Morgan fingerprint density at radius 1 is 1.52 bits per heavy atom. The van der Waals surface area contributed by atoms with Crippen molar-refractivity contribution in [2.24, 2.45) is 11.8 Å². The van der Waals surface area contributed by atoms with Crippen LogP contribution in [0.3, 0.4) is 0 Å². The van der Waals surface area contributed by atoms with E-state index in [4.69, 9.17) is 11.6 Å². The molecule has 2 unspecified atom stereocenters. The van der Waals surface area contributed by atoms with E-state index >= 15 is 0 Å². The fourth-order valence-corrected chi connectivity index (χ4v) is 3.14. The molecule has 23 heavy (non-hydrogen) atoms. The number of carbonyl (C=O) groups excluding carboxylic acids is 1. The minimum absolute atomic E-state index is 0.0352. The zero-order valence-corrected chi connectivity index (χ0v) is 14.3. The summed E-state index contributed by atoms with van der Waals surface area (Å²) in [7, 11) is 0. The molecule has 0 bridgehead atoms. The van der Waals surface area contributed by atoms with Crippen LogP contribution >= 0.6 is 11.6 Å². The summed E-state index contributed by atoms with van der Waals surface area (Å²) in [6, 6.07) is 3.88. The number of piperidine rings is 1. The first-order chi connectivity index (χ1) is 10.9. The highest BCUT2D eigenvalue weighted by Crippen LogP contribution is 2.27. The predicted octanol–water partition coefficient (Wildman–Crippen LogP) is 3.59. The van der Waals surface area contributed by atoms with Gasteiger partial charge in [-0.05, 0) is 36.8 Å². The van der Waals surface area contributed by atoms with Crippen molar-refractivity contribution in [1.82, 2.24) is 10.2 Å². The highest BCUT2D eigenvalue weighted by atomic mass is 35.5. The number of aliphatic hydroxyl groups is 1. The Balaban J connectivity index is 2.11. The number of nitrogens with zero attached hydrogens (tertiary/aromatic N) is 1. The van der Waals surface area contributed by atoms with Crippen LogP contribution in [0, 0.1) is 17.7 Å². The van der Waals surface area contributed by atoms with Crippen molar-refractivity contribution < 1.29 is 14.3 Å². The third kappa shape index (κ3) is 4.58. The van der Waals surface area contributed by atoms with Crippen molar-refractivity contribution >= 4 is 17.6 Å². The van der Waals surface area contributed by atoms with Gasteiger partial charge in [0.15, 0.2) is 0 Å². The topological polar surface area (TPSA) is 52.6 Å². The van der Waals surface area contributed by atoms with E-state index in [1.54, 1.807) is 17.0 Å². The van der Waals surface area contributed by atoms with Crippen molar-refractivity contribution in [2.75, 3.05) is 19.7 Å². The summed E-state index contributed by atoms with van der Waals surface area (Å²) in [6.07, 6.45) is 1.81. The van der Waals surface area contributed by atoms with Gasteiger partial charge in [0.2, 0.25) is 0 Å². The molecule has 2 amide bonds. The first-order valence-corrected chi connectivity index (χ1v) is 8.41. The fourth-order valence-electron chi connectivity index (χ4n) is 2.98. The second-order valence-corrected chi connectivity index (χ2v) is 6.91. The molecule has 0 saturated carbocycles. The molecule has 1 aromatic rings. The zero-order valence-electron chi connectivity index (χ0n) is 13.6. The summed E-state index contributed by atoms with van der Waals surface area (Å²) < 4.78 is 14.2. The highest BCUT2D eigenvalue weighted by Gasteiger charge is 2.27. The van der Waals surface area contributed by atoms with Crippen LogP contribution < -0.4 is 5.32 Å². The van der Waals surface area contributed by atoms with Crippen molar-refractivity contribution in [3.63, 3.8) is 0 Å². The Morgan fingerprint density at radius 2 is 2.26 bits per heavy atom. The smallest absolute Gasteiger partial charge is 0.317 e. The molecule has 1 aliphatic rings. The summed E-state index contributed by atoms with van der Waals surface area (Å²) in [5.41, 5.74) is 0.438. The monoisotopic (exact) mass is 342 g/mol. The summed E-state index contributed by atoms with van der Waals surface area (Å²) in [5.74, 6) is -0.254. The molecule has 1 aromatic carbocycles. The molecule has 128 valence electrons. The molecule has 1 saturated heterocycles. The largest absolute Gasteiger partial charge is 0.396 e. The third-order valence-electron chi connectivity index (χ3n) is 4.31. The molecule has 0 radical (unpaired) electrons. The van der Waals surface area contributed by atoms with E-state index in [0.717, 1.165) is 12.8 Å². The number of benzene rings is 1. The molecule has 4 nitrogen and oxygen atoms in total. The van der Waals surface area contributed by atoms with Crippen LogP contribution in [-0.4, -0.2) is 35.7 Å². The maximum atomic E-state index is 14.2. The van der Waals surface area contributed by atoms with E-state index in [1.807, 2.05) is 13.8 Å². The number of nitrogens with one attached hydrogen (secondary N) is 1. The molecule has 1 aliphatic heterocycles. The average Bonchev–Trinajstić information content (AvgIpc) is 2.53. The van der Waals surface area contributed by atoms with Gasteiger partial charge in [-0.3, -0.25) is 0 Å². The minimum atomic E-state index is -0.422. The Morgan fingerprint density at radius 3 is 2.87 bits per heavy atom. The summed E-state index contributed by atoms with van der Waals surface area (Å²) in [5, 5.41) is 12.5. The minimum Gasteiger partial charge on any atom is -0.396 e. The van der Waals surface area contributed by atoms with Gasteiger partial charge in [-0.1, -0.05) is 31.5 Å². The van der Waals surface area contributed by atoms with Gasteiger partial charge >= 0.3 is 6.03 Å². The molecular formula is C17H24ClFN2O2. The van der Waals surface area contributed by atoms with E-state index in [0.29, 0.717) is 23.7 Å². The second-order valence-electron chi connectivity index (χ2n) is 6.47. The molecule has 0 aliphatic carbocycles. The van der Waals surface area contributed by atoms with Crippen LogP contribution in [0.15, 0.2) is 18.2 Å². The quantitative estimate of drug-likeness (QED) is 0.878. The van der Waals surface area contributed by atoms with E-state index < -0.39 is 11.9 Å². The maximum Gasteiger partial charge on any atom is 0.317 e. The van der Waals surface area contributed by atoms with Crippen LogP contribution in [-0.2, 0) is 0 Å². The molecule has 0 aromatic heterocycles. The van der Waals surface area contributed by atoms with Gasteiger partial charge < -0.3 is 15.3 Å². The lowest BCUT2D eigenvalue weighted by atomic mass is 9.95. The number of hydrogen-bond acceptors (Lipinski definition) is 2.